The first-order chi connectivity index (χ1) is 9.45. The lowest BCUT2D eigenvalue weighted by molar-refractivity contribution is 0.122. The maximum Gasteiger partial charge on any atom is 0.140 e. The molecule has 1 N–H and O–H groups in total. The zero-order chi connectivity index (χ0) is 14.7. The fourth-order valence-electron chi connectivity index (χ4n) is 2.37. The highest BCUT2D eigenvalue weighted by Crippen LogP contribution is 2.18. The van der Waals surface area contributed by atoms with E-state index in [1.165, 1.54) is 11.1 Å². The van der Waals surface area contributed by atoms with E-state index in [0.717, 1.165) is 11.4 Å². The molecule has 0 bridgehead atoms. The molecule has 1 heterocycles. The van der Waals surface area contributed by atoms with Crippen LogP contribution in [0.2, 0.25) is 0 Å². The van der Waals surface area contributed by atoms with Crippen molar-refractivity contribution < 1.29 is 5.11 Å². The maximum absolute atomic E-state index is 10.4. The minimum Gasteiger partial charge on any atom is -0.387 e. The number of aromatic nitrogens is 3. The first-order valence-electron chi connectivity index (χ1n) is 6.73. The molecular formula is C15H22N4O. The minimum absolute atomic E-state index is 0.494. The monoisotopic (exact) mass is 274 g/mol. The summed E-state index contributed by atoms with van der Waals surface area (Å²) < 4.78 is 1.75. The summed E-state index contributed by atoms with van der Waals surface area (Å²) in [6.07, 6.45) is 1.05. The molecule has 1 unspecified atom stereocenters. The Balaban J connectivity index is 2.00. The summed E-state index contributed by atoms with van der Waals surface area (Å²) in [6, 6.07) is 6.18. The van der Waals surface area contributed by atoms with E-state index in [4.69, 9.17) is 0 Å². The number of aliphatic hydroxyl groups excluding tert-OH is 1. The van der Waals surface area contributed by atoms with Crippen LogP contribution in [0.15, 0.2) is 24.5 Å². The average Bonchev–Trinajstić information content (AvgIpc) is 2.73. The number of aryl methyl sites for hydroxylation is 3. The summed E-state index contributed by atoms with van der Waals surface area (Å²) in [4.78, 5) is 6.24. The Morgan fingerprint density at radius 1 is 1.25 bits per heavy atom. The quantitative estimate of drug-likeness (QED) is 0.900. The van der Waals surface area contributed by atoms with Gasteiger partial charge in [-0.1, -0.05) is 29.3 Å². The molecule has 5 heteroatoms. The van der Waals surface area contributed by atoms with Gasteiger partial charge in [-0.05, 0) is 26.5 Å². The van der Waals surface area contributed by atoms with Crippen molar-refractivity contribution in [1.82, 2.24) is 19.7 Å². The van der Waals surface area contributed by atoms with E-state index in [9.17, 15) is 5.11 Å². The molecule has 0 aliphatic carbocycles. The molecule has 2 rings (SSSR count). The molecule has 0 aliphatic heterocycles. The van der Waals surface area contributed by atoms with Crippen LogP contribution in [0.4, 0.5) is 0 Å². The van der Waals surface area contributed by atoms with E-state index in [2.05, 4.69) is 16.1 Å². The van der Waals surface area contributed by atoms with Crippen LogP contribution >= 0.6 is 0 Å². The third kappa shape index (κ3) is 3.65. The van der Waals surface area contributed by atoms with Gasteiger partial charge in [0.05, 0.1) is 12.6 Å². The zero-order valence-electron chi connectivity index (χ0n) is 12.5. The first-order valence-corrected chi connectivity index (χ1v) is 6.73. The molecule has 0 amide bonds. The highest BCUT2D eigenvalue weighted by atomic mass is 16.3. The second-order valence-corrected chi connectivity index (χ2v) is 5.43. The summed E-state index contributed by atoms with van der Waals surface area (Å²) in [7, 11) is 3.84. The predicted octanol–water partition coefficient (Wildman–Crippen LogP) is 1.60. The van der Waals surface area contributed by atoms with Crippen LogP contribution in [0.1, 0.15) is 28.6 Å². The Morgan fingerprint density at radius 2 is 1.90 bits per heavy atom. The predicted molar refractivity (Wildman–Crippen MR) is 78.2 cm³/mol. The molecule has 0 spiro atoms. The molecule has 5 nitrogen and oxygen atoms in total. The molecule has 0 fully saturated rings. The van der Waals surface area contributed by atoms with Gasteiger partial charge in [0.15, 0.2) is 0 Å². The highest BCUT2D eigenvalue weighted by Gasteiger charge is 2.13. The van der Waals surface area contributed by atoms with Gasteiger partial charge in [-0.25, -0.2) is 4.98 Å². The Hall–Kier alpha value is -1.72. The van der Waals surface area contributed by atoms with Crippen LogP contribution in [0.25, 0.3) is 0 Å². The lowest BCUT2D eigenvalue weighted by atomic mass is 10.0. The summed E-state index contributed by atoms with van der Waals surface area (Å²) in [5.74, 6) is 0.889. The number of hydrogen-bond donors (Lipinski definition) is 1. The number of hydrogen-bond acceptors (Lipinski definition) is 4. The van der Waals surface area contributed by atoms with E-state index in [0.29, 0.717) is 13.1 Å². The average molecular weight is 274 g/mol. The van der Waals surface area contributed by atoms with Gasteiger partial charge in [-0.3, -0.25) is 9.58 Å². The van der Waals surface area contributed by atoms with Gasteiger partial charge >= 0.3 is 0 Å². The van der Waals surface area contributed by atoms with Crippen LogP contribution in [0.3, 0.4) is 0 Å². The van der Waals surface area contributed by atoms with Gasteiger partial charge in [0.25, 0.3) is 0 Å². The van der Waals surface area contributed by atoms with Crippen molar-refractivity contribution >= 4 is 0 Å². The van der Waals surface area contributed by atoms with Gasteiger partial charge < -0.3 is 5.11 Å². The van der Waals surface area contributed by atoms with E-state index >= 15 is 0 Å². The Morgan fingerprint density at radius 3 is 2.45 bits per heavy atom. The summed E-state index contributed by atoms with van der Waals surface area (Å²) in [5, 5.41) is 14.4. The molecule has 2 aromatic rings. The first kappa shape index (κ1) is 14.7. The van der Waals surface area contributed by atoms with Crippen molar-refractivity contribution in [3.63, 3.8) is 0 Å². The van der Waals surface area contributed by atoms with Crippen LogP contribution in [-0.4, -0.2) is 38.4 Å². The number of likely N-dealkylation sites (N-methyl/N-ethyl adjacent to an activating group) is 1. The molecule has 1 aromatic heterocycles. The van der Waals surface area contributed by atoms with E-state index in [1.807, 2.05) is 45.0 Å². The van der Waals surface area contributed by atoms with Crippen molar-refractivity contribution in [1.29, 1.82) is 0 Å². The van der Waals surface area contributed by atoms with Crippen molar-refractivity contribution in [3.05, 3.63) is 47.0 Å². The summed E-state index contributed by atoms with van der Waals surface area (Å²) in [5.41, 5.74) is 3.32. The van der Waals surface area contributed by atoms with Crippen LogP contribution in [-0.2, 0) is 13.6 Å². The summed E-state index contributed by atoms with van der Waals surface area (Å²) in [6.45, 7) is 5.33. The third-order valence-corrected chi connectivity index (χ3v) is 3.33. The second-order valence-electron chi connectivity index (χ2n) is 5.43. The van der Waals surface area contributed by atoms with E-state index in [1.54, 1.807) is 11.0 Å². The number of aliphatic hydroxyl groups is 1. The Kier molecular flexibility index (Phi) is 4.52. The van der Waals surface area contributed by atoms with Crippen molar-refractivity contribution in [2.45, 2.75) is 26.5 Å². The minimum atomic E-state index is -0.494. The van der Waals surface area contributed by atoms with Crippen LogP contribution < -0.4 is 0 Å². The Labute approximate surface area is 119 Å². The largest absolute Gasteiger partial charge is 0.387 e. The van der Waals surface area contributed by atoms with Crippen molar-refractivity contribution in [2.24, 2.45) is 7.05 Å². The Bertz CT molecular complexity index is 559. The molecule has 1 atom stereocenters. The summed E-state index contributed by atoms with van der Waals surface area (Å²) >= 11 is 0. The topological polar surface area (TPSA) is 54.2 Å². The number of nitrogens with zero attached hydrogens (tertiary/aromatic N) is 4. The van der Waals surface area contributed by atoms with E-state index in [-0.39, 0.29) is 0 Å². The van der Waals surface area contributed by atoms with Crippen LogP contribution in [0.5, 0.6) is 0 Å². The molecule has 0 aliphatic rings. The highest BCUT2D eigenvalue weighted by molar-refractivity contribution is 5.30. The molecule has 0 radical (unpaired) electrons. The second kappa shape index (κ2) is 6.15. The fraction of sp³-hybridized carbons (Fsp3) is 0.467. The van der Waals surface area contributed by atoms with Crippen molar-refractivity contribution in [3.8, 4) is 0 Å². The van der Waals surface area contributed by atoms with E-state index < -0.39 is 6.10 Å². The number of rotatable bonds is 5. The lowest BCUT2D eigenvalue weighted by Gasteiger charge is -2.20. The van der Waals surface area contributed by atoms with Gasteiger partial charge in [0.1, 0.15) is 12.2 Å². The fourth-order valence-corrected chi connectivity index (χ4v) is 2.37. The third-order valence-electron chi connectivity index (χ3n) is 3.33. The van der Waals surface area contributed by atoms with Crippen molar-refractivity contribution in [2.75, 3.05) is 13.6 Å². The standard InChI is InChI=1S/C15H22N4O/c1-11-5-12(2)7-13(6-11)14(20)8-18(3)9-15-16-10-17-19(15)4/h5-7,10,14,20H,8-9H2,1-4H3. The van der Waals surface area contributed by atoms with Gasteiger partial charge in [0, 0.05) is 13.6 Å². The van der Waals surface area contributed by atoms with Crippen LogP contribution in [0, 0.1) is 13.8 Å². The van der Waals surface area contributed by atoms with Gasteiger partial charge in [-0.2, -0.15) is 5.10 Å². The maximum atomic E-state index is 10.4. The molecule has 20 heavy (non-hydrogen) atoms. The smallest absolute Gasteiger partial charge is 0.140 e. The van der Waals surface area contributed by atoms with Gasteiger partial charge in [0.2, 0.25) is 0 Å². The molecule has 108 valence electrons. The lowest BCUT2D eigenvalue weighted by Crippen LogP contribution is -2.25. The zero-order valence-corrected chi connectivity index (χ0v) is 12.5. The van der Waals surface area contributed by atoms with Gasteiger partial charge in [-0.15, -0.1) is 0 Å². The normalized spacial score (nSPS) is 12.9. The molecule has 0 saturated carbocycles. The SMILES string of the molecule is Cc1cc(C)cc(C(O)CN(C)Cc2ncnn2C)c1. The molecule has 0 saturated heterocycles. The molecular weight excluding hydrogens is 252 g/mol. The number of benzene rings is 1. The molecule has 1 aromatic carbocycles.